The number of esters is 1. The first-order chi connectivity index (χ1) is 29.1. The van der Waals surface area contributed by atoms with E-state index in [-0.39, 0.29) is 49.6 Å². The van der Waals surface area contributed by atoms with E-state index in [9.17, 15) is 29.1 Å². The Morgan fingerprint density at radius 1 is 1.13 bits per heavy atom. The van der Waals surface area contributed by atoms with Gasteiger partial charge in [-0.05, 0) is 91.1 Å². The third kappa shape index (κ3) is 9.08. The number of rotatable bonds is 8. The van der Waals surface area contributed by atoms with Crippen LogP contribution in [0.5, 0.6) is 5.75 Å². The number of hydrogen-bond acceptors (Lipinski definition) is 10. The van der Waals surface area contributed by atoms with Crippen LogP contribution in [0, 0.1) is 17.3 Å². The molecule has 324 valence electrons. The number of benzene rings is 2. The highest BCUT2D eigenvalue weighted by Crippen LogP contribution is 2.41. The van der Waals surface area contributed by atoms with Gasteiger partial charge in [0.2, 0.25) is 17.7 Å². The summed E-state index contributed by atoms with van der Waals surface area (Å²) in [6, 6.07) is 8.58. The lowest BCUT2D eigenvalue weighted by molar-refractivity contribution is -0.155. The number of fused-ring (bicyclic) bond motifs is 6. The average Bonchev–Trinajstić information content (AvgIpc) is 4.01. The molecule has 5 heterocycles. The fourth-order valence-corrected chi connectivity index (χ4v) is 9.92. The van der Waals surface area contributed by atoms with Gasteiger partial charge in [0, 0.05) is 62.2 Å². The van der Waals surface area contributed by atoms with Gasteiger partial charge >= 0.3 is 5.97 Å². The minimum Gasteiger partial charge on any atom is -0.508 e. The van der Waals surface area contributed by atoms with E-state index in [0.717, 1.165) is 44.7 Å². The molecule has 3 aliphatic heterocycles. The Labute approximate surface area is 360 Å². The number of ether oxygens (including phenoxy) is 1. The second-order valence-corrected chi connectivity index (χ2v) is 18.6. The largest absolute Gasteiger partial charge is 0.508 e. The zero-order valence-electron chi connectivity index (χ0n) is 35.9. The molecular weight excluding hydrogens is 795 g/mol. The molecule has 3 aliphatic rings. The van der Waals surface area contributed by atoms with E-state index in [0.29, 0.717) is 37.8 Å². The molecule has 0 unspecified atom stereocenters. The zero-order valence-corrected chi connectivity index (χ0v) is 36.7. The number of carbonyl (C=O) groups excluding carboxylic acids is 5. The fraction of sp³-hybridized carbons (Fsp3) is 0.478. The number of carbonyl (C=O) groups is 5. The van der Waals surface area contributed by atoms with E-state index in [2.05, 4.69) is 59.8 Å². The number of phenolic OH excluding ortho intramolecular Hbond substituents is 1. The van der Waals surface area contributed by atoms with Gasteiger partial charge in [-0.2, -0.15) is 0 Å². The summed E-state index contributed by atoms with van der Waals surface area (Å²) >= 11 is 1.57. The van der Waals surface area contributed by atoms with Gasteiger partial charge in [-0.3, -0.25) is 34.0 Å². The number of aromatic nitrogens is 2. The normalized spacial score (nSPS) is 21.2. The van der Waals surface area contributed by atoms with E-state index in [1.807, 2.05) is 37.7 Å². The third-order valence-electron chi connectivity index (χ3n) is 12.2. The van der Waals surface area contributed by atoms with Gasteiger partial charge in [0.1, 0.15) is 23.9 Å². The first-order valence-corrected chi connectivity index (χ1v) is 22.1. The number of nitrogens with zero attached hydrogens (tertiary/aromatic N) is 5. The molecule has 0 spiro atoms. The summed E-state index contributed by atoms with van der Waals surface area (Å²) in [4.78, 5) is 77.3. The van der Waals surface area contributed by atoms with Crippen molar-refractivity contribution in [1.29, 1.82) is 0 Å². The second kappa shape index (κ2) is 17.8. The third-order valence-corrected chi connectivity index (χ3v) is 13.0. The van der Waals surface area contributed by atoms with E-state index < -0.39 is 47.2 Å². The monoisotopic (exact) mass is 851 g/mol. The summed E-state index contributed by atoms with van der Waals surface area (Å²) in [5.41, 5.74) is 9.88. The van der Waals surface area contributed by atoms with Crippen LogP contribution in [-0.2, 0) is 48.1 Å². The molecule has 61 heavy (non-hydrogen) atoms. The summed E-state index contributed by atoms with van der Waals surface area (Å²) < 4.78 is 8.33. The number of likely N-dealkylation sites (N-methyl/N-ethyl adjacent to an activating group) is 1. The van der Waals surface area contributed by atoms with Crippen molar-refractivity contribution in [2.75, 3.05) is 33.3 Å². The quantitative estimate of drug-likeness (QED) is 0.157. The lowest BCUT2D eigenvalue weighted by Crippen LogP contribution is -2.62. The maximum Gasteiger partial charge on any atom is 0.324 e. The minimum atomic E-state index is -1.14. The van der Waals surface area contributed by atoms with Gasteiger partial charge in [-0.1, -0.05) is 46.4 Å². The number of phenols is 1. The van der Waals surface area contributed by atoms with Gasteiger partial charge in [0.05, 0.1) is 28.6 Å². The number of cyclic esters (lactones) is 1. The van der Waals surface area contributed by atoms with Crippen LogP contribution in [0.25, 0.3) is 32.6 Å². The zero-order chi connectivity index (χ0) is 43.7. The number of aromatic hydroxyl groups is 1. The Bertz CT molecular complexity index is 2340. The Kier molecular flexibility index (Phi) is 12.7. The highest BCUT2D eigenvalue weighted by Gasteiger charge is 2.40. The molecule has 4 aromatic rings. The molecule has 0 saturated carbocycles. The van der Waals surface area contributed by atoms with Crippen LogP contribution in [-0.4, -0.2) is 110 Å². The summed E-state index contributed by atoms with van der Waals surface area (Å²) in [6.07, 6.45) is 5.16. The maximum atomic E-state index is 14.6. The molecule has 15 heteroatoms. The Hall–Kier alpha value is -5.54. The Balaban J connectivity index is 1.27. The summed E-state index contributed by atoms with van der Waals surface area (Å²) in [7, 11) is 1.58. The topological polar surface area (TPSA) is 166 Å². The van der Waals surface area contributed by atoms with Crippen LogP contribution in [0.15, 0.2) is 60.8 Å². The smallest absolute Gasteiger partial charge is 0.324 e. The van der Waals surface area contributed by atoms with E-state index in [1.165, 1.54) is 16.0 Å². The number of nitrogens with one attached hydrogen (secondary N) is 2. The summed E-state index contributed by atoms with van der Waals surface area (Å²) in [6.45, 7) is 15.3. The van der Waals surface area contributed by atoms with Crippen LogP contribution in [0.3, 0.4) is 0 Å². The van der Waals surface area contributed by atoms with Gasteiger partial charge < -0.3 is 29.5 Å². The SMILES string of the molecule is C=CC(=O)N1CC[C@H](C(=O)N(C)[C@H](C(=O)N[C@H]2Cc3cc(O)cc(c3)-c3ccc4c(c3)c(c(-c3cncs3)n4CC)CC(C)(C)COC(=O)[C@@H]3CCCN(N3)C2=O)C(C)C)C1. The standard InChI is InChI=1S/C46H57N7O7S/c1-8-39(55)51-16-14-30(24-51)43(57)50(7)40(27(3)4)42(56)48-36-19-28-17-31(20-32(54)18-28)29-12-13-37-33(21-29)34(41(52(37)9-2)38-23-47-26-61-38)22-46(5,6)25-60-45(59)35-11-10-15-53(49-35)44(36)58/h8,12-13,17-18,20-21,23,26-27,30,35-36,40,49,54H,1,9-11,14-16,19,22,24-25H2,2-7H3,(H,48,56)/t30-,35-,36-,40-/m0/s1. The molecule has 2 aromatic heterocycles. The molecule has 3 N–H and O–H groups in total. The minimum absolute atomic E-state index is 0.00204. The van der Waals surface area contributed by atoms with E-state index in [4.69, 9.17) is 4.74 Å². The molecule has 14 nitrogen and oxygen atoms in total. The van der Waals surface area contributed by atoms with Crippen LogP contribution in [0.2, 0.25) is 0 Å². The van der Waals surface area contributed by atoms with Crippen LogP contribution in [0.4, 0.5) is 0 Å². The number of amides is 4. The summed E-state index contributed by atoms with van der Waals surface area (Å²) in [5, 5.41) is 16.6. The van der Waals surface area contributed by atoms with Crippen molar-refractivity contribution in [1.82, 2.24) is 35.1 Å². The average molecular weight is 852 g/mol. The molecule has 2 aromatic carbocycles. The van der Waals surface area contributed by atoms with Crippen LogP contribution < -0.4 is 10.7 Å². The van der Waals surface area contributed by atoms with Gasteiger partial charge in [0.15, 0.2) is 0 Å². The van der Waals surface area contributed by atoms with E-state index >= 15 is 0 Å². The Morgan fingerprint density at radius 2 is 1.92 bits per heavy atom. The molecule has 7 rings (SSSR count). The van der Waals surface area contributed by atoms with Gasteiger partial charge in [-0.25, -0.2) is 5.43 Å². The molecule has 4 amide bonds. The van der Waals surface area contributed by atoms with Crippen LogP contribution >= 0.6 is 11.3 Å². The number of likely N-dealkylation sites (tertiary alicyclic amines) is 1. The van der Waals surface area contributed by atoms with Crippen molar-refractivity contribution in [3.8, 4) is 27.4 Å². The van der Waals surface area contributed by atoms with Crippen molar-refractivity contribution < 1.29 is 33.8 Å². The molecule has 0 radical (unpaired) electrons. The predicted octanol–water partition coefficient (Wildman–Crippen LogP) is 5.32. The lowest BCUT2D eigenvalue weighted by atomic mass is 9.85. The van der Waals surface area contributed by atoms with Gasteiger partial charge in [-0.15, -0.1) is 11.3 Å². The maximum absolute atomic E-state index is 14.6. The van der Waals surface area contributed by atoms with Gasteiger partial charge in [0.25, 0.3) is 5.91 Å². The highest BCUT2D eigenvalue weighted by molar-refractivity contribution is 7.13. The number of hydrazine groups is 1. The lowest BCUT2D eigenvalue weighted by Gasteiger charge is -2.37. The van der Waals surface area contributed by atoms with Crippen molar-refractivity contribution in [2.24, 2.45) is 17.3 Å². The number of aryl methyl sites for hydroxylation is 1. The second-order valence-electron chi connectivity index (χ2n) is 17.7. The molecule has 0 aliphatic carbocycles. The van der Waals surface area contributed by atoms with Crippen molar-refractivity contribution >= 4 is 51.8 Å². The molecule has 2 fully saturated rings. The highest BCUT2D eigenvalue weighted by atomic mass is 32.1. The first kappa shape index (κ1) is 43.5. The number of hydrogen-bond donors (Lipinski definition) is 3. The van der Waals surface area contributed by atoms with E-state index in [1.54, 1.807) is 35.4 Å². The van der Waals surface area contributed by atoms with Crippen molar-refractivity contribution in [3.63, 3.8) is 0 Å². The fourth-order valence-electron chi connectivity index (χ4n) is 9.22. The number of thiazole rings is 1. The molecule has 2 saturated heterocycles. The van der Waals surface area contributed by atoms with Crippen LogP contribution in [0.1, 0.15) is 65.0 Å². The molecule has 4 atom stereocenters. The van der Waals surface area contributed by atoms with Crippen molar-refractivity contribution in [2.45, 2.75) is 91.4 Å². The summed E-state index contributed by atoms with van der Waals surface area (Å²) in [5.74, 6) is -2.78. The molecular formula is C46H57N7O7S. The predicted molar refractivity (Wildman–Crippen MR) is 234 cm³/mol. The molecule has 6 bridgehead atoms. The van der Waals surface area contributed by atoms with Crippen molar-refractivity contribution in [3.05, 3.63) is 71.9 Å². The Morgan fingerprint density at radius 3 is 2.62 bits per heavy atom. The first-order valence-electron chi connectivity index (χ1n) is 21.2.